The van der Waals surface area contributed by atoms with Crippen molar-refractivity contribution in [2.75, 3.05) is 19.0 Å². The number of rotatable bonds is 6. The molecule has 1 aromatic heterocycles. The summed E-state index contributed by atoms with van der Waals surface area (Å²) in [5.74, 6) is -1.50. The summed E-state index contributed by atoms with van der Waals surface area (Å²) in [6.45, 7) is 5.55. The number of carboxylic acids is 1. The molecule has 0 fully saturated rings. The molecule has 0 bridgehead atoms. The molecular formula is C11H16N2O4S. The minimum absolute atomic E-state index is 0.151. The minimum Gasteiger partial charge on any atom is -0.476 e. The van der Waals surface area contributed by atoms with E-state index < -0.39 is 11.5 Å². The van der Waals surface area contributed by atoms with Crippen LogP contribution in [-0.4, -0.2) is 41.1 Å². The molecule has 0 aliphatic heterocycles. The summed E-state index contributed by atoms with van der Waals surface area (Å²) >= 11 is 1.04. The van der Waals surface area contributed by atoms with Crippen LogP contribution in [0, 0.1) is 0 Å². The monoisotopic (exact) mass is 272 g/mol. The van der Waals surface area contributed by atoms with Gasteiger partial charge < -0.3 is 15.2 Å². The third-order valence-corrected chi connectivity index (χ3v) is 3.17. The van der Waals surface area contributed by atoms with Crippen LogP contribution in [0.3, 0.4) is 0 Å². The Labute approximate surface area is 109 Å². The molecular weight excluding hydrogens is 256 g/mol. The number of carbonyl (C=O) groups is 2. The Balaban J connectivity index is 3.02. The molecule has 1 heterocycles. The normalized spacial score (nSPS) is 11.3. The number of carbonyl (C=O) groups excluding carboxylic acids is 1. The average Bonchev–Trinajstić information content (AvgIpc) is 2.60. The summed E-state index contributed by atoms with van der Waals surface area (Å²) in [6, 6.07) is 0. The molecule has 0 atom stereocenters. The van der Waals surface area contributed by atoms with Crippen LogP contribution in [0.15, 0.2) is 0 Å². The van der Waals surface area contributed by atoms with Crippen LogP contribution in [-0.2, 0) is 4.74 Å². The number of aromatic nitrogens is 1. The molecule has 0 aliphatic rings. The molecule has 0 saturated carbocycles. The van der Waals surface area contributed by atoms with Gasteiger partial charge in [0.2, 0.25) is 0 Å². The highest BCUT2D eigenvalue weighted by Gasteiger charge is 2.24. The van der Waals surface area contributed by atoms with Crippen LogP contribution in [0.25, 0.3) is 0 Å². The number of aromatic carboxylic acids is 1. The van der Waals surface area contributed by atoms with Gasteiger partial charge in [-0.1, -0.05) is 11.3 Å². The Morgan fingerprint density at radius 3 is 2.50 bits per heavy atom. The van der Waals surface area contributed by atoms with E-state index in [1.807, 2.05) is 13.8 Å². The molecule has 0 aliphatic carbocycles. The Hall–Kier alpha value is -1.47. The number of hydrogen-bond acceptors (Lipinski definition) is 6. The lowest BCUT2D eigenvalue weighted by molar-refractivity contribution is 0.0687. The number of ketones is 1. The molecule has 1 aromatic rings. The van der Waals surface area contributed by atoms with Gasteiger partial charge in [0.25, 0.3) is 0 Å². The summed E-state index contributed by atoms with van der Waals surface area (Å²) < 4.78 is 5.04. The molecule has 18 heavy (non-hydrogen) atoms. The predicted molar refractivity (Wildman–Crippen MR) is 68.7 cm³/mol. The van der Waals surface area contributed by atoms with E-state index in [0.29, 0.717) is 11.7 Å². The fourth-order valence-electron chi connectivity index (χ4n) is 1.44. The summed E-state index contributed by atoms with van der Waals surface area (Å²) in [4.78, 5) is 26.4. The average molecular weight is 272 g/mol. The van der Waals surface area contributed by atoms with E-state index in [1.54, 1.807) is 7.11 Å². The van der Waals surface area contributed by atoms with Gasteiger partial charge in [0.1, 0.15) is 4.88 Å². The van der Waals surface area contributed by atoms with Gasteiger partial charge >= 0.3 is 5.97 Å². The molecule has 1 rings (SSSR count). The number of hydrogen-bond donors (Lipinski definition) is 2. The molecule has 0 amide bonds. The number of ether oxygens (including phenoxy) is 1. The molecule has 7 heteroatoms. The molecule has 0 spiro atoms. The Kier molecular flexibility index (Phi) is 4.42. The van der Waals surface area contributed by atoms with Crippen molar-refractivity contribution in [3.05, 3.63) is 10.6 Å². The second-order valence-electron chi connectivity index (χ2n) is 4.50. The molecule has 0 radical (unpaired) electrons. The van der Waals surface area contributed by atoms with Crippen molar-refractivity contribution >= 4 is 28.2 Å². The van der Waals surface area contributed by atoms with Crippen LogP contribution in [0.4, 0.5) is 5.13 Å². The molecule has 0 unspecified atom stereocenters. The van der Waals surface area contributed by atoms with Gasteiger partial charge in [-0.15, -0.1) is 0 Å². The van der Waals surface area contributed by atoms with Crippen molar-refractivity contribution in [3.63, 3.8) is 0 Å². The van der Waals surface area contributed by atoms with Gasteiger partial charge in [-0.25, -0.2) is 9.78 Å². The maximum absolute atomic E-state index is 11.3. The third kappa shape index (κ3) is 3.51. The van der Waals surface area contributed by atoms with E-state index in [4.69, 9.17) is 9.84 Å². The summed E-state index contributed by atoms with van der Waals surface area (Å²) in [5.41, 5.74) is -0.598. The number of methoxy groups -OCH3 is 1. The topological polar surface area (TPSA) is 88.5 Å². The SMILES string of the molecule is COCC(C)(C)Nc1nc(C(=O)O)c(C(C)=O)s1. The Bertz CT molecular complexity index is 436. The van der Waals surface area contributed by atoms with Crippen LogP contribution < -0.4 is 5.32 Å². The van der Waals surface area contributed by atoms with Gasteiger partial charge in [0, 0.05) is 14.0 Å². The lowest BCUT2D eigenvalue weighted by atomic mass is 10.1. The number of anilines is 1. The number of carboxylic acid groups (broad SMARTS) is 1. The van der Waals surface area contributed by atoms with Gasteiger partial charge in [-0.3, -0.25) is 4.79 Å². The molecule has 2 N–H and O–H groups in total. The maximum Gasteiger partial charge on any atom is 0.356 e. The van der Waals surface area contributed by atoms with E-state index >= 15 is 0 Å². The van der Waals surface area contributed by atoms with Crippen molar-refractivity contribution in [3.8, 4) is 0 Å². The zero-order valence-electron chi connectivity index (χ0n) is 10.7. The first-order valence-corrected chi connectivity index (χ1v) is 6.10. The number of nitrogens with one attached hydrogen (secondary N) is 1. The first-order valence-electron chi connectivity index (χ1n) is 5.29. The fraction of sp³-hybridized carbons (Fsp3) is 0.545. The van der Waals surface area contributed by atoms with Crippen LogP contribution in [0.1, 0.15) is 40.9 Å². The second kappa shape index (κ2) is 5.45. The maximum atomic E-state index is 11.3. The number of Topliss-reactive ketones (excluding diaryl/α,β-unsaturated/α-hetero) is 1. The standard InChI is InChI=1S/C11H16N2O4S/c1-6(14)8-7(9(15)16)12-10(18-8)13-11(2,3)5-17-4/h5H2,1-4H3,(H,12,13)(H,15,16). The van der Waals surface area contributed by atoms with E-state index in [1.165, 1.54) is 6.92 Å². The molecule has 0 saturated heterocycles. The van der Waals surface area contributed by atoms with Crippen molar-refractivity contribution in [2.24, 2.45) is 0 Å². The Morgan fingerprint density at radius 1 is 1.50 bits per heavy atom. The van der Waals surface area contributed by atoms with Gasteiger partial charge in [0.15, 0.2) is 16.6 Å². The minimum atomic E-state index is -1.20. The van der Waals surface area contributed by atoms with E-state index in [0.717, 1.165) is 11.3 Å². The van der Waals surface area contributed by atoms with Crippen molar-refractivity contribution in [1.82, 2.24) is 4.98 Å². The van der Waals surface area contributed by atoms with E-state index in [2.05, 4.69) is 10.3 Å². The van der Waals surface area contributed by atoms with Crippen molar-refractivity contribution in [1.29, 1.82) is 0 Å². The number of nitrogens with zero attached hydrogens (tertiary/aromatic N) is 1. The van der Waals surface area contributed by atoms with Gasteiger partial charge in [-0.2, -0.15) is 0 Å². The van der Waals surface area contributed by atoms with Crippen LogP contribution in [0.5, 0.6) is 0 Å². The second-order valence-corrected chi connectivity index (χ2v) is 5.50. The fourth-order valence-corrected chi connectivity index (χ4v) is 2.47. The molecule has 100 valence electrons. The van der Waals surface area contributed by atoms with Gasteiger partial charge in [-0.05, 0) is 13.8 Å². The highest BCUT2D eigenvalue weighted by molar-refractivity contribution is 7.17. The highest BCUT2D eigenvalue weighted by Crippen LogP contribution is 2.26. The van der Waals surface area contributed by atoms with Crippen LogP contribution >= 0.6 is 11.3 Å². The quantitative estimate of drug-likeness (QED) is 0.769. The lowest BCUT2D eigenvalue weighted by Crippen LogP contribution is -2.35. The third-order valence-electron chi connectivity index (χ3n) is 2.10. The molecule has 0 aromatic carbocycles. The predicted octanol–water partition coefficient (Wildman–Crippen LogP) is 1.88. The van der Waals surface area contributed by atoms with Crippen molar-refractivity contribution < 1.29 is 19.4 Å². The van der Waals surface area contributed by atoms with Gasteiger partial charge in [0.05, 0.1) is 12.1 Å². The smallest absolute Gasteiger partial charge is 0.356 e. The summed E-state index contributed by atoms with van der Waals surface area (Å²) in [7, 11) is 1.58. The van der Waals surface area contributed by atoms with Crippen LogP contribution in [0.2, 0.25) is 0 Å². The summed E-state index contributed by atoms with van der Waals surface area (Å²) in [5, 5.41) is 12.4. The van der Waals surface area contributed by atoms with Crippen molar-refractivity contribution in [2.45, 2.75) is 26.3 Å². The first kappa shape index (κ1) is 14.6. The lowest BCUT2D eigenvalue weighted by Gasteiger charge is -2.24. The van der Waals surface area contributed by atoms with E-state index in [-0.39, 0.29) is 16.4 Å². The number of thiazole rings is 1. The summed E-state index contributed by atoms with van der Waals surface area (Å²) in [6.07, 6.45) is 0. The zero-order chi connectivity index (χ0) is 13.9. The first-order chi connectivity index (χ1) is 8.26. The molecule has 6 nitrogen and oxygen atoms in total. The van der Waals surface area contributed by atoms with E-state index in [9.17, 15) is 9.59 Å². The zero-order valence-corrected chi connectivity index (χ0v) is 11.6. The largest absolute Gasteiger partial charge is 0.476 e. The Morgan fingerprint density at radius 2 is 2.11 bits per heavy atom. The highest BCUT2D eigenvalue weighted by atomic mass is 32.1.